The molecule has 0 N–H and O–H groups in total. The molecule has 1 fully saturated rings. The molecule has 0 bridgehead atoms. The monoisotopic (exact) mass is 164 g/mol. The molecule has 1 saturated heterocycles. The Morgan fingerprint density at radius 2 is 1.90 bits per heavy atom. The fourth-order valence-electron chi connectivity index (χ4n) is 0.981. The zero-order chi connectivity index (χ0) is 7.78. The van der Waals surface area contributed by atoms with E-state index in [4.69, 9.17) is 4.74 Å². The number of ether oxygens (including phenoxy) is 1. The van der Waals surface area contributed by atoms with Crippen LogP contribution in [-0.2, 0) is 14.6 Å². The maximum absolute atomic E-state index is 10.6. The maximum atomic E-state index is 10.6. The van der Waals surface area contributed by atoms with Crippen LogP contribution >= 0.6 is 0 Å². The molecule has 1 aliphatic heterocycles. The van der Waals surface area contributed by atoms with E-state index >= 15 is 0 Å². The van der Waals surface area contributed by atoms with Crippen LogP contribution in [0, 0.1) is 0 Å². The lowest BCUT2D eigenvalue weighted by molar-refractivity contribution is 0.0256. The Morgan fingerprint density at radius 1 is 1.40 bits per heavy atom. The van der Waals surface area contributed by atoms with Crippen LogP contribution in [0.1, 0.15) is 13.8 Å². The van der Waals surface area contributed by atoms with Gasteiger partial charge in [-0.1, -0.05) is 0 Å². The second-order valence-electron chi connectivity index (χ2n) is 2.88. The molecule has 4 heteroatoms. The van der Waals surface area contributed by atoms with Gasteiger partial charge in [0.1, 0.15) is 0 Å². The van der Waals surface area contributed by atoms with E-state index < -0.39 is 9.84 Å². The Morgan fingerprint density at radius 3 is 2.20 bits per heavy atom. The van der Waals surface area contributed by atoms with Crippen LogP contribution in [-0.4, -0.2) is 32.1 Å². The van der Waals surface area contributed by atoms with Gasteiger partial charge in [-0.25, -0.2) is 8.42 Å². The smallest absolute Gasteiger partial charge is 0.155 e. The Bertz CT molecular complexity index is 193. The summed E-state index contributed by atoms with van der Waals surface area (Å²) < 4.78 is 26.4. The van der Waals surface area contributed by atoms with Crippen LogP contribution in [0.25, 0.3) is 0 Å². The van der Waals surface area contributed by atoms with E-state index in [0.717, 1.165) is 0 Å². The van der Waals surface area contributed by atoms with E-state index in [1.165, 1.54) is 0 Å². The minimum Gasteiger partial charge on any atom is -0.373 e. The second kappa shape index (κ2) is 2.51. The SMILES string of the molecule is CC(C)OC1CS(=O)(=O)C1. The Labute approximate surface area is 61.3 Å². The van der Waals surface area contributed by atoms with Crippen molar-refractivity contribution < 1.29 is 13.2 Å². The highest BCUT2D eigenvalue weighted by Gasteiger charge is 2.34. The molecule has 0 aromatic heterocycles. The molecule has 0 saturated carbocycles. The molecule has 0 unspecified atom stereocenters. The molecule has 0 atom stereocenters. The van der Waals surface area contributed by atoms with Gasteiger partial charge in [-0.2, -0.15) is 0 Å². The van der Waals surface area contributed by atoms with Gasteiger partial charge >= 0.3 is 0 Å². The van der Waals surface area contributed by atoms with Crippen LogP contribution in [0.5, 0.6) is 0 Å². The summed E-state index contributed by atoms with van der Waals surface area (Å²) in [7, 11) is -2.70. The fourth-order valence-corrected chi connectivity index (χ4v) is 2.17. The third kappa shape index (κ3) is 1.95. The summed E-state index contributed by atoms with van der Waals surface area (Å²) in [4.78, 5) is 0. The third-order valence-corrected chi connectivity index (χ3v) is 3.10. The van der Waals surface area contributed by atoms with Gasteiger partial charge in [-0.3, -0.25) is 0 Å². The van der Waals surface area contributed by atoms with Gasteiger partial charge in [0.25, 0.3) is 0 Å². The first-order valence-corrected chi connectivity index (χ1v) is 5.17. The predicted molar refractivity (Wildman–Crippen MR) is 38.7 cm³/mol. The fraction of sp³-hybridized carbons (Fsp3) is 1.00. The van der Waals surface area contributed by atoms with E-state index in [-0.39, 0.29) is 23.7 Å². The molecular weight excluding hydrogens is 152 g/mol. The minimum absolute atomic E-state index is 0.0370. The summed E-state index contributed by atoms with van der Waals surface area (Å²) in [5.74, 6) is 0.427. The largest absolute Gasteiger partial charge is 0.373 e. The highest BCUT2D eigenvalue weighted by atomic mass is 32.2. The lowest BCUT2D eigenvalue weighted by Gasteiger charge is -2.27. The highest BCUT2D eigenvalue weighted by molar-refractivity contribution is 7.92. The van der Waals surface area contributed by atoms with E-state index in [1.807, 2.05) is 13.8 Å². The van der Waals surface area contributed by atoms with Crippen molar-refractivity contribution in [3.05, 3.63) is 0 Å². The van der Waals surface area contributed by atoms with Gasteiger partial charge in [0.15, 0.2) is 9.84 Å². The highest BCUT2D eigenvalue weighted by Crippen LogP contribution is 2.15. The molecule has 60 valence electrons. The molecular formula is C6H12O3S. The minimum atomic E-state index is -2.70. The molecule has 0 aromatic carbocycles. The van der Waals surface area contributed by atoms with Crippen molar-refractivity contribution in [3.63, 3.8) is 0 Å². The zero-order valence-corrected chi connectivity index (χ0v) is 7.02. The van der Waals surface area contributed by atoms with Crippen LogP contribution in [0.15, 0.2) is 0 Å². The standard InChI is InChI=1S/C6H12O3S/c1-5(2)9-6-3-10(7,8)4-6/h5-6H,3-4H2,1-2H3. The Hall–Kier alpha value is -0.0900. The third-order valence-electron chi connectivity index (χ3n) is 1.34. The van der Waals surface area contributed by atoms with Gasteiger partial charge in [-0.05, 0) is 13.8 Å². The molecule has 0 amide bonds. The lowest BCUT2D eigenvalue weighted by atomic mass is 10.4. The second-order valence-corrected chi connectivity index (χ2v) is 5.04. The van der Waals surface area contributed by atoms with Crippen LogP contribution < -0.4 is 0 Å². The first kappa shape index (κ1) is 8.01. The van der Waals surface area contributed by atoms with Crippen molar-refractivity contribution >= 4 is 9.84 Å². The zero-order valence-electron chi connectivity index (χ0n) is 6.20. The first-order valence-electron chi connectivity index (χ1n) is 3.35. The number of hydrogen-bond donors (Lipinski definition) is 0. The van der Waals surface area contributed by atoms with Gasteiger partial charge in [0.05, 0.1) is 23.7 Å². The molecule has 3 nitrogen and oxygen atoms in total. The summed E-state index contributed by atoms with van der Waals surface area (Å²) in [6.07, 6.45) is 0.102. The molecule has 0 spiro atoms. The summed E-state index contributed by atoms with van der Waals surface area (Å²) in [6.45, 7) is 3.82. The normalized spacial score (nSPS) is 24.7. The van der Waals surface area contributed by atoms with Crippen molar-refractivity contribution in [2.24, 2.45) is 0 Å². The molecule has 0 radical (unpaired) electrons. The van der Waals surface area contributed by atoms with Crippen LogP contribution in [0.2, 0.25) is 0 Å². The predicted octanol–water partition coefficient (Wildman–Crippen LogP) is 0.208. The average Bonchev–Trinajstić information content (AvgIpc) is 1.57. The first-order chi connectivity index (χ1) is 4.49. The Balaban J connectivity index is 2.27. The molecule has 0 aliphatic carbocycles. The summed E-state index contributed by atoms with van der Waals surface area (Å²) in [5.41, 5.74) is 0. The lowest BCUT2D eigenvalue weighted by Crippen LogP contribution is -2.44. The number of sulfone groups is 1. The van der Waals surface area contributed by atoms with Crippen molar-refractivity contribution in [2.45, 2.75) is 26.1 Å². The van der Waals surface area contributed by atoms with Gasteiger partial charge in [-0.15, -0.1) is 0 Å². The van der Waals surface area contributed by atoms with Crippen molar-refractivity contribution in [1.29, 1.82) is 0 Å². The van der Waals surface area contributed by atoms with Crippen molar-refractivity contribution in [3.8, 4) is 0 Å². The molecule has 1 rings (SSSR count). The summed E-state index contributed by atoms with van der Waals surface area (Å²) >= 11 is 0. The molecule has 1 heterocycles. The summed E-state index contributed by atoms with van der Waals surface area (Å²) in [5, 5.41) is 0. The number of rotatable bonds is 2. The Kier molecular flexibility index (Phi) is 2.01. The molecule has 1 aliphatic rings. The summed E-state index contributed by atoms with van der Waals surface area (Å²) in [6, 6.07) is 0. The van der Waals surface area contributed by atoms with E-state index in [0.29, 0.717) is 0 Å². The number of hydrogen-bond acceptors (Lipinski definition) is 3. The van der Waals surface area contributed by atoms with Crippen LogP contribution in [0.3, 0.4) is 0 Å². The van der Waals surface area contributed by atoms with Crippen LogP contribution in [0.4, 0.5) is 0 Å². The van der Waals surface area contributed by atoms with Gasteiger partial charge in [0.2, 0.25) is 0 Å². The van der Waals surface area contributed by atoms with Gasteiger partial charge < -0.3 is 4.74 Å². The molecule has 10 heavy (non-hydrogen) atoms. The van der Waals surface area contributed by atoms with E-state index in [9.17, 15) is 8.42 Å². The van der Waals surface area contributed by atoms with E-state index in [1.54, 1.807) is 0 Å². The maximum Gasteiger partial charge on any atom is 0.155 e. The average molecular weight is 164 g/mol. The molecule has 0 aromatic rings. The van der Waals surface area contributed by atoms with E-state index in [2.05, 4.69) is 0 Å². The van der Waals surface area contributed by atoms with Crippen molar-refractivity contribution in [1.82, 2.24) is 0 Å². The van der Waals surface area contributed by atoms with Gasteiger partial charge in [0, 0.05) is 0 Å². The topological polar surface area (TPSA) is 43.4 Å². The van der Waals surface area contributed by atoms with Crippen molar-refractivity contribution in [2.75, 3.05) is 11.5 Å². The quantitative estimate of drug-likeness (QED) is 0.586.